The van der Waals surface area contributed by atoms with Gasteiger partial charge < -0.3 is 35.8 Å². The highest BCUT2D eigenvalue weighted by molar-refractivity contribution is 5.95. The lowest BCUT2D eigenvalue weighted by Crippen LogP contribution is -2.61. The number of fused-ring (bicyclic) bond motifs is 3. The van der Waals surface area contributed by atoms with Crippen molar-refractivity contribution in [1.82, 2.24) is 21.3 Å². The quantitative estimate of drug-likeness (QED) is 0.0575. The Morgan fingerprint density at radius 1 is 0.662 bits per heavy atom. The molecule has 4 amide bonds. The van der Waals surface area contributed by atoms with Gasteiger partial charge in [0.2, 0.25) is 17.7 Å². The van der Waals surface area contributed by atoms with Crippen molar-refractivity contribution >= 4 is 35.8 Å². The molecule has 0 spiro atoms. The Hall–Kier alpha value is -6.50. The molecule has 13 heteroatoms. The average Bonchev–Trinajstić information content (AvgIpc) is 3.93. The van der Waals surface area contributed by atoms with Crippen LogP contribution in [0.4, 0.5) is 4.79 Å². The van der Waals surface area contributed by atoms with Gasteiger partial charge in [-0.2, -0.15) is 0 Å². The number of benzene rings is 4. The number of esters is 1. The summed E-state index contributed by atoms with van der Waals surface area (Å²) in [6, 6.07) is 26.0. The SMILES string of the molecule is Cc1cccc(C(C)(C)C)c1C[C@H](NC(=O)[C@H](CCC(=O)O)NC(=O)OCC1c2ccccc2-c2ccccc21)C(=O)N[C@H](C(=O)N[C@@H](CC1CCCC1)C(=O)OCc1ccccc1)C(C)(C)C. The predicted molar refractivity (Wildman–Crippen MR) is 261 cm³/mol. The first-order valence-electron chi connectivity index (χ1n) is 23.8. The van der Waals surface area contributed by atoms with Crippen molar-refractivity contribution in [3.8, 4) is 11.1 Å². The summed E-state index contributed by atoms with van der Waals surface area (Å²) >= 11 is 0. The van der Waals surface area contributed by atoms with E-state index in [0.29, 0.717) is 6.42 Å². The Morgan fingerprint density at radius 3 is 1.85 bits per heavy atom. The molecule has 0 aliphatic heterocycles. The lowest BCUT2D eigenvalue weighted by molar-refractivity contribution is -0.150. The van der Waals surface area contributed by atoms with Crippen LogP contribution in [0.2, 0.25) is 0 Å². The molecule has 0 aromatic heterocycles. The maximum absolute atomic E-state index is 14.8. The number of aliphatic carboxylic acids is 1. The Morgan fingerprint density at radius 2 is 1.25 bits per heavy atom. The number of hydrogen-bond donors (Lipinski definition) is 5. The first-order valence-corrected chi connectivity index (χ1v) is 23.8. The van der Waals surface area contributed by atoms with Crippen molar-refractivity contribution < 1.29 is 43.3 Å². The van der Waals surface area contributed by atoms with Crippen LogP contribution in [0, 0.1) is 18.3 Å². The Bertz CT molecular complexity index is 2390. The van der Waals surface area contributed by atoms with Gasteiger partial charge in [0.1, 0.15) is 37.4 Å². The highest BCUT2D eigenvalue weighted by Gasteiger charge is 2.39. The van der Waals surface area contributed by atoms with Gasteiger partial charge in [0, 0.05) is 18.8 Å². The molecule has 0 saturated heterocycles. The summed E-state index contributed by atoms with van der Waals surface area (Å²) in [4.78, 5) is 82.9. The van der Waals surface area contributed by atoms with Crippen molar-refractivity contribution in [1.29, 1.82) is 0 Å². The van der Waals surface area contributed by atoms with Gasteiger partial charge in [-0.05, 0) is 81.0 Å². The monoisotopic (exact) mass is 928 g/mol. The largest absolute Gasteiger partial charge is 0.481 e. The van der Waals surface area contributed by atoms with E-state index in [1.807, 2.05) is 125 Å². The van der Waals surface area contributed by atoms with Crippen molar-refractivity contribution in [2.45, 2.75) is 142 Å². The average molecular weight is 929 g/mol. The van der Waals surface area contributed by atoms with Crippen LogP contribution in [0.5, 0.6) is 0 Å². The molecule has 0 unspecified atom stereocenters. The fourth-order valence-corrected chi connectivity index (χ4v) is 9.48. The van der Waals surface area contributed by atoms with Gasteiger partial charge >= 0.3 is 18.0 Å². The molecule has 4 aromatic rings. The molecular formula is C55H68N4O9. The van der Waals surface area contributed by atoms with E-state index in [9.17, 15) is 33.9 Å². The first kappa shape index (κ1) is 50.9. The summed E-state index contributed by atoms with van der Waals surface area (Å²) in [5.41, 5.74) is 6.26. The van der Waals surface area contributed by atoms with Crippen molar-refractivity contribution in [2.75, 3.05) is 6.61 Å². The van der Waals surface area contributed by atoms with E-state index in [4.69, 9.17) is 9.47 Å². The van der Waals surface area contributed by atoms with Gasteiger partial charge in [-0.15, -0.1) is 0 Å². The van der Waals surface area contributed by atoms with Crippen LogP contribution in [0.15, 0.2) is 97.1 Å². The van der Waals surface area contributed by atoms with Crippen LogP contribution < -0.4 is 21.3 Å². The zero-order chi connectivity index (χ0) is 49.2. The molecular weight excluding hydrogens is 861 g/mol. The van der Waals surface area contributed by atoms with E-state index in [2.05, 4.69) is 21.3 Å². The third-order valence-corrected chi connectivity index (χ3v) is 13.1. The molecule has 0 radical (unpaired) electrons. The molecule has 4 atom stereocenters. The lowest BCUT2D eigenvalue weighted by atomic mass is 9.80. The predicted octanol–water partition coefficient (Wildman–Crippen LogP) is 8.43. The summed E-state index contributed by atoms with van der Waals surface area (Å²) < 4.78 is 11.5. The Labute approximate surface area is 400 Å². The molecule has 0 heterocycles. The third-order valence-electron chi connectivity index (χ3n) is 13.1. The van der Waals surface area contributed by atoms with Crippen LogP contribution in [0.3, 0.4) is 0 Å². The number of ether oxygens (including phenoxy) is 2. The van der Waals surface area contributed by atoms with E-state index in [0.717, 1.165) is 70.2 Å². The summed E-state index contributed by atoms with van der Waals surface area (Å²) in [5.74, 6) is -3.87. The zero-order valence-electron chi connectivity index (χ0n) is 40.5. The second-order valence-corrected chi connectivity index (χ2v) is 20.4. The van der Waals surface area contributed by atoms with E-state index in [-0.39, 0.29) is 43.3 Å². The standard InChI is InChI=1S/C55H68N4O9/c1-34-18-17-27-43(54(2,3)4)41(34)31-45(50(63)59-48(55(5,6)7)51(64)57-46(30-35-19-11-12-20-35)52(65)67-32-36-21-9-8-10-22-36)56-49(62)44(28-29-47(60)61)58-53(66)68-33-42-39-25-15-13-23-37(39)38-24-14-16-26-40(38)42/h8-10,13-18,21-27,35,42,44-46,48H,11-12,19-20,28-33H2,1-7H3,(H,56,62)(H,57,64)(H,58,66)(H,59,63)(H,60,61)/t44-,45-,46-,48+/m0/s1. The molecule has 5 N–H and O–H groups in total. The van der Waals surface area contributed by atoms with Crippen molar-refractivity contribution in [3.05, 3.63) is 130 Å². The molecule has 13 nitrogen and oxygen atoms in total. The number of rotatable bonds is 19. The number of carboxylic acid groups (broad SMARTS) is 1. The van der Waals surface area contributed by atoms with Gasteiger partial charge in [0.15, 0.2) is 0 Å². The molecule has 68 heavy (non-hydrogen) atoms. The van der Waals surface area contributed by atoms with Gasteiger partial charge in [-0.25, -0.2) is 9.59 Å². The Kier molecular flexibility index (Phi) is 16.9. The zero-order valence-corrected chi connectivity index (χ0v) is 40.5. The van der Waals surface area contributed by atoms with Crippen molar-refractivity contribution in [2.24, 2.45) is 11.3 Å². The van der Waals surface area contributed by atoms with E-state index in [1.54, 1.807) is 20.8 Å². The minimum absolute atomic E-state index is 0.00203. The molecule has 6 rings (SSSR count). The molecule has 2 aliphatic rings. The highest BCUT2D eigenvalue weighted by Crippen LogP contribution is 2.44. The fourth-order valence-electron chi connectivity index (χ4n) is 9.48. The van der Waals surface area contributed by atoms with Gasteiger partial charge in [0.25, 0.3) is 0 Å². The van der Waals surface area contributed by atoms with Crippen LogP contribution in [0.25, 0.3) is 11.1 Å². The molecule has 1 fully saturated rings. The minimum atomic E-state index is -1.41. The van der Waals surface area contributed by atoms with Gasteiger partial charge in [0.05, 0.1) is 0 Å². The summed E-state index contributed by atoms with van der Waals surface area (Å²) in [7, 11) is 0. The molecule has 1 saturated carbocycles. The number of aryl methyl sites for hydroxylation is 1. The second kappa shape index (κ2) is 22.5. The number of carbonyl (C=O) groups excluding carboxylic acids is 5. The maximum atomic E-state index is 14.8. The number of alkyl carbamates (subject to hydrolysis) is 1. The lowest BCUT2D eigenvalue weighted by Gasteiger charge is -2.34. The Balaban J connectivity index is 1.24. The summed E-state index contributed by atoms with van der Waals surface area (Å²) in [6.07, 6.45) is 2.63. The number of carboxylic acids is 1. The first-order chi connectivity index (χ1) is 32.3. The van der Waals surface area contributed by atoms with E-state index < -0.39 is 71.8 Å². The van der Waals surface area contributed by atoms with Crippen LogP contribution >= 0.6 is 0 Å². The molecule has 2 aliphatic carbocycles. The smallest absolute Gasteiger partial charge is 0.407 e. The number of carbonyl (C=O) groups is 6. The number of amides is 4. The summed E-state index contributed by atoms with van der Waals surface area (Å²) in [6.45, 7) is 13.4. The van der Waals surface area contributed by atoms with Crippen LogP contribution in [-0.2, 0) is 51.9 Å². The van der Waals surface area contributed by atoms with Crippen LogP contribution in [-0.4, -0.2) is 71.6 Å². The van der Waals surface area contributed by atoms with Gasteiger partial charge in [-0.3, -0.25) is 19.2 Å². The van der Waals surface area contributed by atoms with E-state index in [1.165, 1.54) is 0 Å². The highest BCUT2D eigenvalue weighted by atomic mass is 16.5. The molecule has 362 valence electrons. The minimum Gasteiger partial charge on any atom is -0.481 e. The second-order valence-electron chi connectivity index (χ2n) is 20.4. The normalized spacial score (nSPS) is 15.5. The summed E-state index contributed by atoms with van der Waals surface area (Å²) in [5, 5.41) is 21.0. The number of nitrogens with one attached hydrogen (secondary N) is 4. The van der Waals surface area contributed by atoms with Crippen LogP contribution in [0.1, 0.15) is 126 Å². The van der Waals surface area contributed by atoms with Gasteiger partial charge in [-0.1, -0.05) is 164 Å². The topological polar surface area (TPSA) is 189 Å². The number of hydrogen-bond acceptors (Lipinski definition) is 8. The fraction of sp³-hybridized carbons (Fsp3) is 0.455. The van der Waals surface area contributed by atoms with Crippen molar-refractivity contribution in [3.63, 3.8) is 0 Å². The molecule has 0 bridgehead atoms. The molecule has 4 aromatic carbocycles. The third kappa shape index (κ3) is 13.4. The van der Waals surface area contributed by atoms with E-state index >= 15 is 0 Å². The maximum Gasteiger partial charge on any atom is 0.407 e.